The first-order chi connectivity index (χ1) is 12.4. The van der Waals surface area contributed by atoms with Gasteiger partial charge in [0.2, 0.25) is 15.9 Å². The molecule has 3 rings (SSSR count). The molecule has 6 nitrogen and oxygen atoms in total. The molecule has 1 heterocycles. The van der Waals surface area contributed by atoms with E-state index in [9.17, 15) is 13.2 Å². The van der Waals surface area contributed by atoms with E-state index < -0.39 is 10.0 Å². The summed E-state index contributed by atoms with van der Waals surface area (Å²) in [7, 11) is -2.01. The number of anilines is 1. The summed E-state index contributed by atoms with van der Waals surface area (Å²) in [5.41, 5.74) is 3.58. The molecule has 0 aliphatic carbocycles. The number of carbonyl (C=O) groups excluding carboxylic acids is 1. The predicted octanol–water partition coefficient (Wildman–Crippen LogP) is 2.41. The average Bonchev–Trinajstić information content (AvgIpc) is 2.61. The number of aryl methyl sites for hydroxylation is 2. The molecule has 0 aromatic heterocycles. The number of benzene rings is 2. The van der Waals surface area contributed by atoms with Crippen molar-refractivity contribution in [2.45, 2.75) is 31.1 Å². The Hall–Kier alpha value is -2.38. The molecule has 0 fully saturated rings. The smallest absolute Gasteiger partial charge is 0.240 e. The van der Waals surface area contributed by atoms with E-state index in [-0.39, 0.29) is 17.3 Å². The van der Waals surface area contributed by atoms with Crippen LogP contribution in [-0.2, 0) is 27.7 Å². The minimum Gasteiger partial charge on any atom is -0.496 e. The molecule has 1 aliphatic heterocycles. The zero-order valence-corrected chi connectivity index (χ0v) is 15.7. The third-order valence-electron chi connectivity index (χ3n) is 4.40. The lowest BCUT2D eigenvalue weighted by Crippen LogP contribution is -2.27. The van der Waals surface area contributed by atoms with E-state index in [0.29, 0.717) is 24.9 Å². The summed E-state index contributed by atoms with van der Waals surface area (Å²) in [6, 6.07) is 10.6. The molecule has 26 heavy (non-hydrogen) atoms. The van der Waals surface area contributed by atoms with Gasteiger partial charge in [-0.3, -0.25) is 4.79 Å². The quantitative estimate of drug-likeness (QED) is 0.813. The van der Waals surface area contributed by atoms with E-state index in [1.54, 1.807) is 19.2 Å². The van der Waals surface area contributed by atoms with Crippen molar-refractivity contribution < 1.29 is 17.9 Å². The van der Waals surface area contributed by atoms with Crippen molar-refractivity contribution in [2.75, 3.05) is 19.0 Å². The Morgan fingerprint density at radius 3 is 2.73 bits per heavy atom. The van der Waals surface area contributed by atoms with E-state index in [1.165, 1.54) is 6.07 Å². The molecule has 138 valence electrons. The molecule has 0 bridgehead atoms. The number of carbonyl (C=O) groups is 1. The fraction of sp³-hybridized carbons (Fsp3) is 0.316. The second kappa shape index (κ2) is 7.47. The van der Waals surface area contributed by atoms with E-state index in [1.807, 2.05) is 25.1 Å². The number of rotatable bonds is 6. The maximum atomic E-state index is 12.6. The van der Waals surface area contributed by atoms with Crippen LogP contribution in [0.3, 0.4) is 0 Å². The Morgan fingerprint density at radius 2 is 1.96 bits per heavy atom. The highest BCUT2D eigenvalue weighted by atomic mass is 32.2. The van der Waals surface area contributed by atoms with Crippen LogP contribution in [0.5, 0.6) is 5.75 Å². The van der Waals surface area contributed by atoms with Crippen LogP contribution < -0.4 is 14.8 Å². The Balaban J connectivity index is 1.70. The second-order valence-electron chi connectivity index (χ2n) is 6.33. The summed E-state index contributed by atoms with van der Waals surface area (Å²) in [6.07, 6.45) is 1.45. The maximum Gasteiger partial charge on any atom is 0.240 e. The van der Waals surface area contributed by atoms with Crippen LogP contribution in [0, 0.1) is 6.92 Å². The van der Waals surface area contributed by atoms with Crippen LogP contribution in [-0.4, -0.2) is 28.0 Å². The monoisotopic (exact) mass is 374 g/mol. The van der Waals surface area contributed by atoms with Crippen molar-refractivity contribution in [3.8, 4) is 5.75 Å². The molecule has 0 atom stereocenters. The highest BCUT2D eigenvalue weighted by Crippen LogP contribution is 2.25. The first kappa shape index (κ1) is 18.4. The fourth-order valence-electron chi connectivity index (χ4n) is 3.03. The molecule has 0 spiro atoms. The molecule has 7 heteroatoms. The number of hydrogen-bond donors (Lipinski definition) is 2. The van der Waals surface area contributed by atoms with Crippen LogP contribution in [0.2, 0.25) is 0 Å². The topological polar surface area (TPSA) is 84.5 Å². The van der Waals surface area contributed by atoms with Gasteiger partial charge in [-0.1, -0.05) is 17.7 Å². The van der Waals surface area contributed by atoms with Gasteiger partial charge in [-0.2, -0.15) is 0 Å². The van der Waals surface area contributed by atoms with Gasteiger partial charge >= 0.3 is 0 Å². The minimum absolute atomic E-state index is 0.0432. The van der Waals surface area contributed by atoms with Gasteiger partial charge in [0.05, 0.1) is 12.0 Å². The van der Waals surface area contributed by atoms with Crippen LogP contribution in [0.25, 0.3) is 0 Å². The summed E-state index contributed by atoms with van der Waals surface area (Å²) in [5, 5.41) is 2.75. The van der Waals surface area contributed by atoms with E-state index in [0.717, 1.165) is 22.4 Å². The lowest BCUT2D eigenvalue weighted by molar-refractivity contribution is -0.116. The standard InChI is InChI=1S/C19H22N2O4S/c1-13-3-7-18(25-2)15(11-13)9-10-20-26(23,24)16-5-6-17-14(12-16)4-8-19(22)21-17/h3,5-7,11-12,20H,4,8-10H2,1-2H3,(H,21,22). The Bertz CT molecular complexity index is 939. The molecule has 0 saturated heterocycles. The van der Waals surface area contributed by atoms with Gasteiger partial charge in [-0.25, -0.2) is 13.1 Å². The van der Waals surface area contributed by atoms with Gasteiger partial charge in [0, 0.05) is 18.7 Å². The summed E-state index contributed by atoms with van der Waals surface area (Å²) >= 11 is 0. The zero-order valence-electron chi connectivity index (χ0n) is 14.8. The lowest BCUT2D eigenvalue weighted by atomic mass is 10.0. The Labute approximate surface area is 153 Å². The molecule has 1 amide bonds. The minimum atomic E-state index is -3.61. The predicted molar refractivity (Wildman–Crippen MR) is 100 cm³/mol. The van der Waals surface area contributed by atoms with Crippen LogP contribution >= 0.6 is 0 Å². The number of ether oxygens (including phenoxy) is 1. The average molecular weight is 374 g/mol. The van der Waals surface area contributed by atoms with Crippen LogP contribution in [0.1, 0.15) is 23.1 Å². The van der Waals surface area contributed by atoms with Crippen molar-refractivity contribution in [1.82, 2.24) is 4.72 Å². The molecule has 2 aromatic carbocycles. The summed E-state index contributed by atoms with van der Waals surface area (Å²) in [4.78, 5) is 11.6. The van der Waals surface area contributed by atoms with Gasteiger partial charge in [0.25, 0.3) is 0 Å². The summed E-state index contributed by atoms with van der Waals surface area (Å²) < 4.78 is 33.1. The Kier molecular flexibility index (Phi) is 5.29. The molecule has 0 saturated carbocycles. The van der Waals surface area contributed by atoms with Crippen molar-refractivity contribution in [2.24, 2.45) is 0 Å². The number of nitrogens with one attached hydrogen (secondary N) is 2. The molecule has 2 aromatic rings. The lowest BCUT2D eigenvalue weighted by Gasteiger charge is -2.17. The van der Waals surface area contributed by atoms with Crippen molar-refractivity contribution in [1.29, 1.82) is 0 Å². The first-order valence-electron chi connectivity index (χ1n) is 8.45. The molecular formula is C19H22N2O4S. The molecule has 2 N–H and O–H groups in total. The molecular weight excluding hydrogens is 352 g/mol. The van der Waals surface area contributed by atoms with Gasteiger partial charge in [-0.15, -0.1) is 0 Å². The SMILES string of the molecule is COc1ccc(C)cc1CCNS(=O)(=O)c1ccc2c(c1)CCC(=O)N2. The molecule has 1 aliphatic rings. The summed E-state index contributed by atoms with van der Waals surface area (Å²) in [5.74, 6) is 0.706. The zero-order chi connectivity index (χ0) is 18.7. The molecule has 0 radical (unpaired) electrons. The van der Waals surface area contributed by atoms with Crippen molar-refractivity contribution in [3.05, 3.63) is 53.1 Å². The molecule has 0 unspecified atom stereocenters. The van der Waals surface area contributed by atoms with Crippen LogP contribution in [0.4, 0.5) is 5.69 Å². The summed E-state index contributed by atoms with van der Waals surface area (Å²) in [6.45, 7) is 2.26. The van der Waals surface area contributed by atoms with E-state index in [4.69, 9.17) is 4.74 Å². The maximum absolute atomic E-state index is 12.6. The van der Waals surface area contributed by atoms with Gasteiger partial charge in [-0.05, 0) is 55.2 Å². The largest absolute Gasteiger partial charge is 0.496 e. The number of methoxy groups -OCH3 is 1. The van der Waals surface area contributed by atoms with E-state index >= 15 is 0 Å². The number of fused-ring (bicyclic) bond motifs is 1. The van der Waals surface area contributed by atoms with Crippen LogP contribution in [0.15, 0.2) is 41.3 Å². The highest BCUT2D eigenvalue weighted by Gasteiger charge is 2.19. The van der Waals surface area contributed by atoms with Gasteiger partial charge in [0.1, 0.15) is 5.75 Å². The second-order valence-corrected chi connectivity index (χ2v) is 8.10. The fourth-order valence-corrected chi connectivity index (χ4v) is 4.12. The van der Waals surface area contributed by atoms with Crippen molar-refractivity contribution >= 4 is 21.6 Å². The van der Waals surface area contributed by atoms with Gasteiger partial charge < -0.3 is 10.1 Å². The number of sulfonamides is 1. The van der Waals surface area contributed by atoms with Gasteiger partial charge in [0.15, 0.2) is 0 Å². The van der Waals surface area contributed by atoms with E-state index in [2.05, 4.69) is 10.0 Å². The third-order valence-corrected chi connectivity index (χ3v) is 5.86. The first-order valence-corrected chi connectivity index (χ1v) is 9.93. The number of amides is 1. The Morgan fingerprint density at radius 1 is 1.15 bits per heavy atom. The number of hydrogen-bond acceptors (Lipinski definition) is 4. The third kappa shape index (κ3) is 4.05. The normalized spacial score (nSPS) is 13.8. The highest BCUT2D eigenvalue weighted by molar-refractivity contribution is 7.89. The van der Waals surface area contributed by atoms with Crippen molar-refractivity contribution in [3.63, 3.8) is 0 Å².